The number of nitrogens with zero attached hydrogens (tertiary/aromatic N) is 2. The largest absolute Gasteiger partial charge is 0.491 e. The average Bonchev–Trinajstić information content (AvgIpc) is 2.92. The predicted molar refractivity (Wildman–Crippen MR) is 91.3 cm³/mol. The fourth-order valence-electron chi connectivity index (χ4n) is 2.71. The van der Waals surface area contributed by atoms with Gasteiger partial charge in [0.15, 0.2) is 0 Å². The van der Waals surface area contributed by atoms with Gasteiger partial charge in [-0.25, -0.2) is 4.98 Å². The third-order valence-corrected chi connectivity index (χ3v) is 4.91. The Kier molecular flexibility index (Phi) is 3.67. The van der Waals surface area contributed by atoms with Gasteiger partial charge < -0.3 is 9.64 Å². The van der Waals surface area contributed by atoms with Crippen LogP contribution in [0, 0.1) is 0 Å². The van der Waals surface area contributed by atoms with Crippen LogP contribution >= 0.6 is 22.9 Å². The van der Waals surface area contributed by atoms with E-state index in [0.29, 0.717) is 30.3 Å². The Morgan fingerprint density at radius 2 is 2.17 bits per heavy atom. The molecule has 0 spiro atoms. The van der Waals surface area contributed by atoms with Crippen LogP contribution in [0.2, 0.25) is 5.02 Å². The number of halogens is 1. The maximum absolute atomic E-state index is 12.8. The summed E-state index contributed by atoms with van der Waals surface area (Å²) in [6.45, 7) is 1.50. The summed E-state index contributed by atoms with van der Waals surface area (Å²) in [5.74, 6) is 0.774. The molecule has 4 rings (SSSR count). The lowest BCUT2D eigenvalue weighted by Crippen LogP contribution is -2.32. The number of aromatic nitrogens is 1. The number of amides is 1. The van der Waals surface area contributed by atoms with E-state index in [1.165, 1.54) is 0 Å². The third kappa shape index (κ3) is 2.78. The van der Waals surface area contributed by atoms with E-state index in [2.05, 4.69) is 4.98 Å². The minimum atomic E-state index is -0.0173. The average molecular weight is 345 g/mol. The molecule has 0 saturated carbocycles. The molecule has 4 nitrogen and oxygen atoms in total. The van der Waals surface area contributed by atoms with Crippen molar-refractivity contribution in [2.75, 3.05) is 13.2 Å². The summed E-state index contributed by atoms with van der Waals surface area (Å²) in [6.07, 6.45) is 0. The summed E-state index contributed by atoms with van der Waals surface area (Å²) in [6, 6.07) is 11.2. The second-order valence-corrected chi connectivity index (χ2v) is 6.68. The fraction of sp³-hybridized carbons (Fsp3) is 0.176. The van der Waals surface area contributed by atoms with E-state index in [1.807, 2.05) is 30.3 Å². The van der Waals surface area contributed by atoms with Gasteiger partial charge in [-0.2, -0.15) is 0 Å². The lowest BCUT2D eigenvalue weighted by molar-refractivity contribution is 0.0733. The SMILES string of the molecule is O=C(c1ccc2scnc2c1)N1CCOc2ccc(Cl)cc2C1. The number of hydrogen-bond donors (Lipinski definition) is 0. The summed E-state index contributed by atoms with van der Waals surface area (Å²) >= 11 is 7.63. The molecule has 0 aliphatic carbocycles. The van der Waals surface area contributed by atoms with Gasteiger partial charge >= 0.3 is 0 Å². The van der Waals surface area contributed by atoms with Crippen LogP contribution < -0.4 is 4.74 Å². The minimum absolute atomic E-state index is 0.0173. The summed E-state index contributed by atoms with van der Waals surface area (Å²) < 4.78 is 6.80. The maximum atomic E-state index is 12.8. The van der Waals surface area contributed by atoms with Gasteiger partial charge in [-0.05, 0) is 36.4 Å². The molecule has 0 saturated heterocycles. The summed E-state index contributed by atoms with van der Waals surface area (Å²) in [7, 11) is 0. The maximum Gasteiger partial charge on any atom is 0.254 e. The molecule has 1 amide bonds. The number of fused-ring (bicyclic) bond motifs is 2. The van der Waals surface area contributed by atoms with Crippen LogP contribution in [-0.4, -0.2) is 28.9 Å². The Hall–Kier alpha value is -2.11. The molecule has 0 unspecified atom stereocenters. The Labute approximate surface area is 142 Å². The summed E-state index contributed by atoms with van der Waals surface area (Å²) in [5.41, 5.74) is 4.22. The molecular formula is C17H13ClN2O2S. The molecule has 116 valence electrons. The van der Waals surface area contributed by atoms with E-state index < -0.39 is 0 Å². The van der Waals surface area contributed by atoms with Crippen LogP contribution in [0.3, 0.4) is 0 Å². The van der Waals surface area contributed by atoms with Gasteiger partial charge in [0.1, 0.15) is 12.4 Å². The molecule has 0 atom stereocenters. The molecule has 0 radical (unpaired) electrons. The first-order chi connectivity index (χ1) is 11.2. The van der Waals surface area contributed by atoms with Crippen molar-refractivity contribution in [1.29, 1.82) is 0 Å². The number of hydrogen-bond acceptors (Lipinski definition) is 4. The molecule has 2 aromatic carbocycles. The van der Waals surface area contributed by atoms with Gasteiger partial charge in [0.05, 0.1) is 22.3 Å². The first-order valence-corrected chi connectivity index (χ1v) is 8.50. The first-order valence-electron chi connectivity index (χ1n) is 7.24. The molecule has 3 aromatic rings. The molecule has 2 heterocycles. The van der Waals surface area contributed by atoms with E-state index in [1.54, 1.807) is 27.8 Å². The molecule has 0 fully saturated rings. The lowest BCUT2D eigenvalue weighted by Gasteiger charge is -2.20. The van der Waals surface area contributed by atoms with Crippen LogP contribution in [-0.2, 0) is 6.54 Å². The van der Waals surface area contributed by atoms with Crippen molar-refractivity contribution in [2.45, 2.75) is 6.54 Å². The second-order valence-electron chi connectivity index (χ2n) is 5.36. The van der Waals surface area contributed by atoms with Crippen LogP contribution in [0.1, 0.15) is 15.9 Å². The van der Waals surface area contributed by atoms with Gasteiger partial charge in [-0.1, -0.05) is 11.6 Å². The van der Waals surface area contributed by atoms with Gasteiger partial charge in [-0.3, -0.25) is 4.79 Å². The number of thiazole rings is 1. The smallest absolute Gasteiger partial charge is 0.254 e. The standard InChI is InChI=1S/C17H13ClN2O2S/c18-13-2-3-15-12(7-13)9-20(5-6-22-15)17(21)11-1-4-16-14(8-11)19-10-23-16/h1-4,7-8,10H,5-6,9H2. The zero-order valence-corrected chi connectivity index (χ0v) is 13.7. The molecule has 6 heteroatoms. The predicted octanol–water partition coefficient (Wildman–Crippen LogP) is 3.98. The van der Waals surface area contributed by atoms with Crippen LogP contribution in [0.5, 0.6) is 5.75 Å². The quantitative estimate of drug-likeness (QED) is 0.670. The summed E-state index contributed by atoms with van der Waals surface area (Å²) in [5, 5.41) is 0.644. The van der Waals surface area contributed by atoms with Crippen molar-refractivity contribution < 1.29 is 9.53 Å². The van der Waals surface area contributed by atoms with Crippen LogP contribution in [0.15, 0.2) is 41.9 Å². The minimum Gasteiger partial charge on any atom is -0.491 e. The highest BCUT2D eigenvalue weighted by molar-refractivity contribution is 7.16. The topological polar surface area (TPSA) is 42.4 Å². The van der Waals surface area contributed by atoms with Gasteiger partial charge in [-0.15, -0.1) is 11.3 Å². The lowest BCUT2D eigenvalue weighted by atomic mass is 10.1. The van der Waals surface area contributed by atoms with E-state index in [0.717, 1.165) is 21.5 Å². The highest BCUT2D eigenvalue weighted by Gasteiger charge is 2.21. The van der Waals surface area contributed by atoms with E-state index in [9.17, 15) is 4.79 Å². The second kappa shape index (κ2) is 5.83. The van der Waals surface area contributed by atoms with Crippen LogP contribution in [0.25, 0.3) is 10.2 Å². The van der Waals surface area contributed by atoms with Crippen molar-refractivity contribution in [3.8, 4) is 5.75 Å². The molecule has 1 aromatic heterocycles. The van der Waals surface area contributed by atoms with E-state index in [4.69, 9.17) is 16.3 Å². The number of carbonyl (C=O) groups excluding carboxylic acids is 1. The highest BCUT2D eigenvalue weighted by atomic mass is 35.5. The van der Waals surface area contributed by atoms with Crippen molar-refractivity contribution in [3.63, 3.8) is 0 Å². The molecular weight excluding hydrogens is 332 g/mol. The zero-order valence-electron chi connectivity index (χ0n) is 12.2. The van der Waals surface area contributed by atoms with E-state index >= 15 is 0 Å². The Morgan fingerprint density at radius 1 is 1.26 bits per heavy atom. The first kappa shape index (κ1) is 14.5. The highest BCUT2D eigenvalue weighted by Crippen LogP contribution is 2.27. The van der Waals surface area contributed by atoms with Crippen molar-refractivity contribution in [3.05, 3.63) is 58.1 Å². The molecule has 0 N–H and O–H groups in total. The van der Waals surface area contributed by atoms with Crippen molar-refractivity contribution in [2.24, 2.45) is 0 Å². The molecule has 1 aliphatic heterocycles. The van der Waals surface area contributed by atoms with Crippen molar-refractivity contribution >= 4 is 39.1 Å². The third-order valence-electron chi connectivity index (χ3n) is 3.87. The number of carbonyl (C=O) groups is 1. The van der Waals surface area contributed by atoms with Gasteiger partial charge in [0.2, 0.25) is 0 Å². The van der Waals surface area contributed by atoms with Crippen molar-refractivity contribution in [1.82, 2.24) is 9.88 Å². The van der Waals surface area contributed by atoms with Gasteiger partial charge in [0.25, 0.3) is 5.91 Å². The molecule has 1 aliphatic rings. The van der Waals surface area contributed by atoms with Crippen LogP contribution in [0.4, 0.5) is 0 Å². The fourth-order valence-corrected chi connectivity index (χ4v) is 3.56. The normalized spacial score (nSPS) is 14.2. The monoisotopic (exact) mass is 344 g/mol. The molecule has 0 bridgehead atoms. The number of benzene rings is 2. The Bertz CT molecular complexity index is 893. The Morgan fingerprint density at radius 3 is 3.09 bits per heavy atom. The number of ether oxygens (including phenoxy) is 1. The zero-order chi connectivity index (χ0) is 15.8. The summed E-state index contributed by atoms with van der Waals surface area (Å²) in [4.78, 5) is 18.9. The van der Waals surface area contributed by atoms with E-state index in [-0.39, 0.29) is 5.91 Å². The molecule has 23 heavy (non-hydrogen) atoms. The number of rotatable bonds is 1. The van der Waals surface area contributed by atoms with Gasteiger partial charge in [0, 0.05) is 22.7 Å². The Balaban J connectivity index is 1.65.